The number of rotatable bonds is 4. The van der Waals surface area contributed by atoms with E-state index in [9.17, 15) is 4.79 Å². The Hall–Kier alpha value is -2.01. The van der Waals surface area contributed by atoms with E-state index in [1.807, 2.05) is 6.92 Å². The lowest BCUT2D eigenvalue weighted by Crippen LogP contribution is -2.06. The predicted octanol–water partition coefficient (Wildman–Crippen LogP) is 2.97. The molecule has 0 amide bonds. The zero-order chi connectivity index (χ0) is 14.9. The highest BCUT2D eigenvalue weighted by molar-refractivity contribution is 6.31. The molecular weight excluding hydrogens is 280 g/mol. The topological polar surface area (TPSA) is 64.4 Å². The number of carboxylic acid groups (broad SMARTS) is 1. The number of aryl methyl sites for hydroxylation is 2. The van der Waals surface area contributed by atoms with Crippen LogP contribution in [0.2, 0.25) is 5.02 Å². The van der Waals surface area contributed by atoms with E-state index in [-0.39, 0.29) is 12.2 Å². The molecule has 0 saturated carbocycles. The van der Waals surface area contributed by atoms with Gasteiger partial charge in [0.2, 0.25) is 0 Å². The van der Waals surface area contributed by atoms with Gasteiger partial charge in [-0.1, -0.05) is 17.7 Å². The molecule has 2 rings (SSSR count). The standard InChI is InChI=1S/C14H15ClN2O3/c1-8-10(14(18)19)5-4-6-12(8)20-7-11-13(15)9(2)16-17(11)3/h4-6H,7H2,1-3H3,(H,18,19). The maximum Gasteiger partial charge on any atom is 0.336 e. The van der Waals surface area contributed by atoms with Crippen molar-refractivity contribution in [3.63, 3.8) is 0 Å². The van der Waals surface area contributed by atoms with E-state index in [4.69, 9.17) is 21.4 Å². The molecule has 0 radical (unpaired) electrons. The van der Waals surface area contributed by atoms with E-state index in [1.54, 1.807) is 36.9 Å². The minimum Gasteiger partial charge on any atom is -0.487 e. The van der Waals surface area contributed by atoms with Crippen LogP contribution in [0.1, 0.15) is 27.3 Å². The monoisotopic (exact) mass is 294 g/mol. The third kappa shape index (κ3) is 2.63. The second-order valence-electron chi connectivity index (χ2n) is 4.49. The van der Waals surface area contributed by atoms with Crippen molar-refractivity contribution in [1.82, 2.24) is 9.78 Å². The van der Waals surface area contributed by atoms with Gasteiger partial charge in [0.25, 0.3) is 0 Å². The van der Waals surface area contributed by atoms with E-state index >= 15 is 0 Å². The third-order valence-corrected chi connectivity index (χ3v) is 3.63. The van der Waals surface area contributed by atoms with Crippen LogP contribution in [0.25, 0.3) is 0 Å². The largest absolute Gasteiger partial charge is 0.487 e. The van der Waals surface area contributed by atoms with Crippen molar-refractivity contribution in [2.24, 2.45) is 7.05 Å². The molecule has 0 spiro atoms. The first-order chi connectivity index (χ1) is 9.41. The van der Waals surface area contributed by atoms with Crippen LogP contribution in [0.15, 0.2) is 18.2 Å². The summed E-state index contributed by atoms with van der Waals surface area (Å²) in [6.45, 7) is 3.77. The summed E-state index contributed by atoms with van der Waals surface area (Å²) < 4.78 is 7.34. The van der Waals surface area contributed by atoms with E-state index in [0.717, 1.165) is 11.4 Å². The summed E-state index contributed by atoms with van der Waals surface area (Å²) in [5.41, 5.74) is 2.32. The number of carboxylic acids is 1. The van der Waals surface area contributed by atoms with Gasteiger partial charge >= 0.3 is 5.97 Å². The minimum absolute atomic E-state index is 0.231. The number of nitrogens with zero attached hydrogens (tertiary/aromatic N) is 2. The van der Waals surface area contributed by atoms with Gasteiger partial charge in [-0.05, 0) is 26.0 Å². The third-order valence-electron chi connectivity index (χ3n) is 3.14. The highest BCUT2D eigenvalue weighted by Crippen LogP contribution is 2.25. The second-order valence-corrected chi connectivity index (χ2v) is 4.87. The molecule has 6 heteroatoms. The van der Waals surface area contributed by atoms with Crippen molar-refractivity contribution >= 4 is 17.6 Å². The number of benzene rings is 1. The Morgan fingerprint density at radius 2 is 2.15 bits per heavy atom. The summed E-state index contributed by atoms with van der Waals surface area (Å²) in [5, 5.41) is 13.8. The number of ether oxygens (including phenoxy) is 1. The zero-order valence-corrected chi connectivity index (χ0v) is 12.2. The molecule has 1 aromatic heterocycles. The van der Waals surface area contributed by atoms with E-state index < -0.39 is 5.97 Å². The van der Waals surface area contributed by atoms with Crippen molar-refractivity contribution in [1.29, 1.82) is 0 Å². The molecule has 5 nitrogen and oxygen atoms in total. The molecule has 0 aliphatic rings. The van der Waals surface area contributed by atoms with E-state index in [2.05, 4.69) is 5.10 Å². The SMILES string of the molecule is Cc1nn(C)c(COc2cccc(C(=O)O)c2C)c1Cl. The fraction of sp³-hybridized carbons (Fsp3) is 0.286. The Labute approximate surface area is 121 Å². The van der Waals surface area contributed by atoms with Gasteiger partial charge in [-0.25, -0.2) is 4.79 Å². The lowest BCUT2D eigenvalue weighted by molar-refractivity contribution is 0.0695. The van der Waals surface area contributed by atoms with Gasteiger partial charge in [0.05, 0.1) is 22.0 Å². The number of hydrogen-bond acceptors (Lipinski definition) is 3. The summed E-state index contributed by atoms with van der Waals surface area (Å²) in [6, 6.07) is 4.94. The molecule has 1 heterocycles. The first kappa shape index (κ1) is 14.4. The fourth-order valence-corrected chi connectivity index (χ4v) is 2.20. The van der Waals surface area contributed by atoms with Gasteiger partial charge in [-0.2, -0.15) is 5.10 Å². The second kappa shape index (κ2) is 5.54. The molecule has 0 unspecified atom stereocenters. The summed E-state index contributed by atoms with van der Waals surface area (Å²) in [7, 11) is 1.79. The van der Waals surface area contributed by atoms with Crippen molar-refractivity contribution in [2.45, 2.75) is 20.5 Å². The van der Waals surface area contributed by atoms with Crippen LogP contribution < -0.4 is 4.74 Å². The van der Waals surface area contributed by atoms with Gasteiger partial charge in [0, 0.05) is 12.6 Å². The summed E-state index contributed by atoms with van der Waals surface area (Å²) in [5.74, 6) is -0.442. The molecule has 1 N–H and O–H groups in total. The van der Waals surface area contributed by atoms with Crippen LogP contribution in [0.5, 0.6) is 5.75 Å². The van der Waals surface area contributed by atoms with Gasteiger partial charge in [0.15, 0.2) is 0 Å². The number of carbonyl (C=O) groups is 1. The molecule has 0 aliphatic heterocycles. The molecule has 1 aromatic carbocycles. The van der Waals surface area contributed by atoms with Crippen molar-refractivity contribution in [2.75, 3.05) is 0 Å². The first-order valence-electron chi connectivity index (χ1n) is 6.05. The molecule has 0 bridgehead atoms. The Morgan fingerprint density at radius 1 is 1.45 bits per heavy atom. The lowest BCUT2D eigenvalue weighted by atomic mass is 10.1. The number of aromatic carboxylic acids is 1. The highest BCUT2D eigenvalue weighted by Gasteiger charge is 2.14. The minimum atomic E-state index is -0.970. The van der Waals surface area contributed by atoms with Crippen LogP contribution in [0.4, 0.5) is 0 Å². The maximum atomic E-state index is 11.1. The molecule has 106 valence electrons. The van der Waals surface area contributed by atoms with Crippen LogP contribution in [-0.2, 0) is 13.7 Å². The Balaban J connectivity index is 2.23. The van der Waals surface area contributed by atoms with Crippen LogP contribution in [-0.4, -0.2) is 20.9 Å². The van der Waals surface area contributed by atoms with Crippen LogP contribution >= 0.6 is 11.6 Å². The highest BCUT2D eigenvalue weighted by atomic mass is 35.5. The Bertz CT molecular complexity index is 665. The van der Waals surface area contributed by atoms with E-state index in [1.165, 1.54) is 0 Å². The quantitative estimate of drug-likeness (QED) is 0.941. The molecular formula is C14H15ClN2O3. The van der Waals surface area contributed by atoms with Crippen molar-refractivity contribution < 1.29 is 14.6 Å². The summed E-state index contributed by atoms with van der Waals surface area (Å²) in [4.78, 5) is 11.1. The first-order valence-corrected chi connectivity index (χ1v) is 6.43. The van der Waals surface area contributed by atoms with Crippen LogP contribution in [0.3, 0.4) is 0 Å². The molecule has 0 aliphatic carbocycles. The molecule has 2 aromatic rings. The smallest absolute Gasteiger partial charge is 0.336 e. The van der Waals surface area contributed by atoms with Crippen molar-refractivity contribution in [3.05, 3.63) is 45.7 Å². The number of aromatic nitrogens is 2. The normalized spacial score (nSPS) is 10.6. The average Bonchev–Trinajstić information content (AvgIpc) is 2.62. The molecule has 0 saturated heterocycles. The van der Waals surface area contributed by atoms with Crippen molar-refractivity contribution in [3.8, 4) is 5.75 Å². The fourth-order valence-electron chi connectivity index (χ4n) is 1.99. The number of halogens is 1. The van der Waals surface area contributed by atoms with Gasteiger partial charge in [-0.3, -0.25) is 4.68 Å². The average molecular weight is 295 g/mol. The maximum absolute atomic E-state index is 11.1. The molecule has 20 heavy (non-hydrogen) atoms. The van der Waals surface area contributed by atoms with Gasteiger partial charge in [0.1, 0.15) is 12.4 Å². The zero-order valence-electron chi connectivity index (χ0n) is 11.5. The summed E-state index contributed by atoms with van der Waals surface area (Å²) in [6.07, 6.45) is 0. The Kier molecular flexibility index (Phi) is 3.99. The van der Waals surface area contributed by atoms with Gasteiger partial charge in [-0.15, -0.1) is 0 Å². The Morgan fingerprint density at radius 3 is 2.70 bits per heavy atom. The lowest BCUT2D eigenvalue weighted by Gasteiger charge is -2.11. The van der Waals surface area contributed by atoms with Crippen LogP contribution in [0, 0.1) is 13.8 Å². The molecule has 0 fully saturated rings. The van der Waals surface area contributed by atoms with E-state index in [0.29, 0.717) is 16.3 Å². The predicted molar refractivity (Wildman–Crippen MR) is 75.4 cm³/mol. The number of hydrogen-bond donors (Lipinski definition) is 1. The molecule has 0 atom stereocenters. The summed E-state index contributed by atoms with van der Waals surface area (Å²) >= 11 is 6.14. The van der Waals surface area contributed by atoms with Gasteiger partial charge < -0.3 is 9.84 Å².